The molecule has 1 N–H and O–H groups in total. The van der Waals surface area contributed by atoms with Crippen molar-refractivity contribution in [3.63, 3.8) is 0 Å². The lowest BCUT2D eigenvalue weighted by Crippen LogP contribution is -2.57. The summed E-state index contributed by atoms with van der Waals surface area (Å²) >= 11 is 0. The van der Waals surface area contributed by atoms with Gasteiger partial charge in [-0.05, 0) is 63.5 Å². The second-order valence-corrected chi connectivity index (χ2v) is 8.91. The van der Waals surface area contributed by atoms with E-state index < -0.39 is 0 Å². The Morgan fingerprint density at radius 1 is 1.38 bits per heavy atom. The number of amides is 2. The van der Waals surface area contributed by atoms with E-state index in [1.807, 2.05) is 47.7 Å². The minimum Gasteiger partial charge on any atom is -0.368 e. The molecule has 2 aliphatic heterocycles. The Morgan fingerprint density at radius 3 is 2.90 bits per heavy atom. The molecule has 2 saturated heterocycles. The second kappa shape index (κ2) is 6.83. The van der Waals surface area contributed by atoms with E-state index in [0.29, 0.717) is 30.6 Å². The summed E-state index contributed by atoms with van der Waals surface area (Å²) in [6.45, 7) is 5.69. The third-order valence-corrected chi connectivity index (χ3v) is 6.67. The molecule has 2 aromatic heterocycles. The number of rotatable bonds is 7. The van der Waals surface area contributed by atoms with Crippen molar-refractivity contribution >= 4 is 17.5 Å². The predicted octanol–water partition coefficient (Wildman–Crippen LogP) is 2.18. The van der Waals surface area contributed by atoms with Crippen LogP contribution < -0.4 is 5.32 Å². The quantitative estimate of drug-likeness (QED) is 0.778. The number of nitrogens with one attached hydrogen (secondary N) is 1. The SMILES string of the molecule is CCOC(C(=O)NCC12CC(CN1C(=O)c1ccn3cc(C)nc3c1)C2)C1CC1. The highest BCUT2D eigenvalue weighted by molar-refractivity contribution is 5.96. The van der Waals surface area contributed by atoms with Crippen LogP contribution in [-0.4, -0.2) is 57.4 Å². The number of carbonyl (C=O) groups is 2. The van der Waals surface area contributed by atoms with E-state index in [4.69, 9.17) is 4.74 Å². The molecule has 0 aromatic carbocycles. The molecular weight excluding hydrogens is 368 g/mol. The van der Waals surface area contributed by atoms with Gasteiger partial charge in [-0.3, -0.25) is 9.59 Å². The average molecular weight is 396 g/mol. The fraction of sp³-hybridized carbons (Fsp3) is 0.591. The number of aryl methyl sites for hydroxylation is 1. The maximum absolute atomic E-state index is 13.3. The number of hydrogen-bond acceptors (Lipinski definition) is 4. The molecule has 1 atom stereocenters. The molecule has 2 aliphatic carbocycles. The zero-order valence-electron chi connectivity index (χ0n) is 17.1. The highest BCUT2D eigenvalue weighted by Crippen LogP contribution is 2.50. The summed E-state index contributed by atoms with van der Waals surface area (Å²) < 4.78 is 7.60. The molecule has 29 heavy (non-hydrogen) atoms. The van der Waals surface area contributed by atoms with E-state index in [9.17, 15) is 9.59 Å². The molecule has 4 fully saturated rings. The number of imidazole rings is 1. The highest BCUT2D eigenvalue weighted by atomic mass is 16.5. The van der Waals surface area contributed by atoms with Gasteiger partial charge < -0.3 is 19.4 Å². The first-order chi connectivity index (χ1) is 14.0. The molecular formula is C22H28N4O3. The number of hydrogen-bond donors (Lipinski definition) is 1. The number of fused-ring (bicyclic) bond motifs is 2. The van der Waals surface area contributed by atoms with Gasteiger partial charge >= 0.3 is 0 Å². The number of aromatic nitrogens is 2. The summed E-state index contributed by atoms with van der Waals surface area (Å²) in [6.07, 6.45) is 7.54. The molecule has 4 heterocycles. The molecule has 154 valence electrons. The fourth-order valence-electron chi connectivity index (χ4n) is 5.11. The van der Waals surface area contributed by atoms with Crippen LogP contribution >= 0.6 is 0 Å². The van der Waals surface area contributed by atoms with Crippen molar-refractivity contribution in [3.8, 4) is 0 Å². The third kappa shape index (κ3) is 3.21. The highest BCUT2D eigenvalue weighted by Gasteiger charge is 2.58. The molecule has 2 amide bonds. The van der Waals surface area contributed by atoms with E-state index in [1.54, 1.807) is 0 Å². The lowest BCUT2D eigenvalue weighted by Gasteiger charge is -2.42. The number of carbonyl (C=O) groups excluding carboxylic acids is 2. The Kier molecular flexibility index (Phi) is 4.38. The van der Waals surface area contributed by atoms with Crippen molar-refractivity contribution in [2.45, 2.75) is 51.2 Å². The molecule has 7 nitrogen and oxygen atoms in total. The third-order valence-electron chi connectivity index (χ3n) is 6.67. The van der Waals surface area contributed by atoms with E-state index in [2.05, 4.69) is 10.3 Å². The van der Waals surface area contributed by atoms with Gasteiger partial charge in [0.05, 0.1) is 11.2 Å². The Morgan fingerprint density at radius 2 is 2.17 bits per heavy atom. The normalized spacial score (nSPS) is 26.4. The van der Waals surface area contributed by atoms with Crippen LogP contribution in [0.25, 0.3) is 5.65 Å². The van der Waals surface area contributed by atoms with Gasteiger partial charge in [0.15, 0.2) is 0 Å². The van der Waals surface area contributed by atoms with Gasteiger partial charge in [-0.15, -0.1) is 0 Å². The average Bonchev–Trinajstić information content (AvgIpc) is 3.21. The van der Waals surface area contributed by atoms with Crippen LogP contribution in [0.1, 0.15) is 48.7 Å². The maximum Gasteiger partial charge on any atom is 0.254 e. The van der Waals surface area contributed by atoms with Crippen molar-refractivity contribution in [2.24, 2.45) is 11.8 Å². The predicted molar refractivity (Wildman–Crippen MR) is 108 cm³/mol. The van der Waals surface area contributed by atoms with Gasteiger partial charge in [0.2, 0.25) is 5.91 Å². The number of ether oxygens (including phenoxy) is 1. The van der Waals surface area contributed by atoms with Crippen LogP contribution in [0.2, 0.25) is 0 Å². The smallest absolute Gasteiger partial charge is 0.254 e. The van der Waals surface area contributed by atoms with Gasteiger partial charge in [-0.25, -0.2) is 4.98 Å². The molecule has 1 unspecified atom stereocenters. The van der Waals surface area contributed by atoms with E-state index in [1.165, 1.54) is 0 Å². The van der Waals surface area contributed by atoms with Gasteiger partial charge in [-0.2, -0.15) is 0 Å². The molecule has 0 spiro atoms. The largest absolute Gasteiger partial charge is 0.368 e. The summed E-state index contributed by atoms with van der Waals surface area (Å²) in [7, 11) is 0. The minimum absolute atomic E-state index is 0.0271. The van der Waals surface area contributed by atoms with Crippen molar-refractivity contribution in [3.05, 3.63) is 35.8 Å². The molecule has 7 heteroatoms. The Hall–Kier alpha value is -2.41. The molecule has 4 aliphatic rings. The molecule has 2 bridgehead atoms. The van der Waals surface area contributed by atoms with Crippen LogP contribution in [0.5, 0.6) is 0 Å². The first-order valence-electron chi connectivity index (χ1n) is 10.7. The molecule has 0 radical (unpaired) electrons. The van der Waals surface area contributed by atoms with Crippen LogP contribution in [0.15, 0.2) is 24.5 Å². The summed E-state index contributed by atoms with van der Waals surface area (Å²) in [5.74, 6) is 0.902. The van der Waals surface area contributed by atoms with Gasteiger partial charge in [-0.1, -0.05) is 0 Å². The molecule has 6 rings (SSSR count). The first-order valence-corrected chi connectivity index (χ1v) is 10.7. The summed E-state index contributed by atoms with van der Waals surface area (Å²) in [5.41, 5.74) is 2.12. The standard InChI is InChI=1S/C22H28N4O3/c1-3-29-19(16-4-5-16)20(27)23-13-22-9-15(10-22)12-26(22)21(28)17-6-7-25-11-14(2)24-18(25)8-17/h6-8,11,15-16,19H,3-5,9-10,12-13H2,1-2H3,(H,23,27). The van der Waals surface area contributed by atoms with Crippen molar-refractivity contribution in [2.75, 3.05) is 19.7 Å². The fourth-order valence-corrected chi connectivity index (χ4v) is 5.11. The van der Waals surface area contributed by atoms with E-state index in [-0.39, 0.29) is 23.5 Å². The second-order valence-electron chi connectivity index (χ2n) is 8.91. The van der Waals surface area contributed by atoms with E-state index in [0.717, 1.165) is 43.6 Å². The summed E-state index contributed by atoms with van der Waals surface area (Å²) in [5, 5.41) is 3.10. The van der Waals surface area contributed by atoms with Crippen molar-refractivity contribution in [1.29, 1.82) is 0 Å². The monoisotopic (exact) mass is 396 g/mol. The summed E-state index contributed by atoms with van der Waals surface area (Å²) in [6, 6.07) is 3.71. The first kappa shape index (κ1) is 18.6. The molecule has 2 aromatic rings. The lowest BCUT2D eigenvalue weighted by atomic mass is 9.73. The Labute approximate surface area is 170 Å². The maximum atomic E-state index is 13.3. The van der Waals surface area contributed by atoms with Gasteiger partial charge in [0.25, 0.3) is 5.91 Å². The van der Waals surface area contributed by atoms with E-state index >= 15 is 0 Å². The van der Waals surface area contributed by atoms with Crippen LogP contribution in [0, 0.1) is 18.8 Å². The van der Waals surface area contributed by atoms with Crippen LogP contribution in [-0.2, 0) is 9.53 Å². The van der Waals surface area contributed by atoms with Crippen molar-refractivity contribution in [1.82, 2.24) is 19.6 Å². The zero-order chi connectivity index (χ0) is 20.2. The van der Waals surface area contributed by atoms with Crippen LogP contribution in [0.3, 0.4) is 0 Å². The Bertz CT molecular complexity index is 958. The minimum atomic E-state index is -0.344. The summed E-state index contributed by atoms with van der Waals surface area (Å²) in [4.78, 5) is 32.4. The van der Waals surface area contributed by atoms with Crippen molar-refractivity contribution < 1.29 is 14.3 Å². The van der Waals surface area contributed by atoms with Gasteiger partial charge in [0, 0.05) is 37.7 Å². The number of pyridine rings is 1. The van der Waals surface area contributed by atoms with Gasteiger partial charge in [0.1, 0.15) is 11.8 Å². The Balaban J connectivity index is 1.30. The number of nitrogens with zero attached hydrogens (tertiary/aromatic N) is 3. The van der Waals surface area contributed by atoms with Crippen LogP contribution in [0.4, 0.5) is 0 Å². The lowest BCUT2D eigenvalue weighted by molar-refractivity contribution is -0.134. The molecule has 2 saturated carbocycles. The zero-order valence-corrected chi connectivity index (χ0v) is 17.1. The topological polar surface area (TPSA) is 75.9 Å².